The number of oxazole rings is 1. The van der Waals surface area contributed by atoms with Gasteiger partial charge in [-0.15, -0.1) is 0 Å². The number of nitrogens with one attached hydrogen (secondary N) is 2. The molecule has 3 rings (SSSR count). The molecule has 0 spiro atoms. The molecule has 1 saturated heterocycles. The van der Waals surface area contributed by atoms with Gasteiger partial charge < -0.3 is 9.73 Å². The SMILES string of the molecule is Cc1nc2c(C(=O)NC3CCC(=O)NC3=O)cccc2o1. The van der Waals surface area contributed by atoms with Crippen molar-refractivity contribution in [3.8, 4) is 0 Å². The van der Waals surface area contributed by atoms with Crippen molar-refractivity contribution >= 4 is 28.8 Å². The van der Waals surface area contributed by atoms with E-state index in [1.165, 1.54) is 0 Å². The van der Waals surface area contributed by atoms with Crippen LogP contribution in [-0.2, 0) is 9.59 Å². The third kappa shape index (κ3) is 2.49. The lowest BCUT2D eigenvalue weighted by atomic mass is 10.1. The molecule has 0 aliphatic carbocycles. The molecule has 7 heteroatoms. The number of amides is 3. The number of carbonyl (C=O) groups is 3. The van der Waals surface area contributed by atoms with Gasteiger partial charge in [-0.1, -0.05) is 6.07 Å². The number of aryl methyl sites for hydroxylation is 1. The maximum Gasteiger partial charge on any atom is 0.254 e. The van der Waals surface area contributed by atoms with Crippen LogP contribution in [0.1, 0.15) is 29.1 Å². The van der Waals surface area contributed by atoms with Crippen LogP contribution in [0.2, 0.25) is 0 Å². The minimum Gasteiger partial charge on any atom is -0.441 e. The van der Waals surface area contributed by atoms with Crippen LogP contribution in [0.25, 0.3) is 11.1 Å². The minimum absolute atomic E-state index is 0.212. The van der Waals surface area contributed by atoms with Gasteiger partial charge in [-0.3, -0.25) is 19.7 Å². The van der Waals surface area contributed by atoms with E-state index in [0.29, 0.717) is 29.0 Å². The highest BCUT2D eigenvalue weighted by Gasteiger charge is 2.28. The lowest BCUT2D eigenvalue weighted by Crippen LogP contribution is -2.52. The largest absolute Gasteiger partial charge is 0.441 e. The van der Waals surface area contributed by atoms with Crippen LogP contribution >= 0.6 is 0 Å². The van der Waals surface area contributed by atoms with Crippen molar-refractivity contribution in [3.05, 3.63) is 29.7 Å². The number of aromatic nitrogens is 1. The second-order valence-electron chi connectivity index (χ2n) is 4.86. The number of imide groups is 1. The van der Waals surface area contributed by atoms with Crippen LogP contribution in [0.3, 0.4) is 0 Å². The molecule has 1 atom stereocenters. The Kier molecular flexibility index (Phi) is 3.17. The van der Waals surface area contributed by atoms with E-state index in [9.17, 15) is 14.4 Å². The fraction of sp³-hybridized carbons (Fsp3) is 0.286. The van der Waals surface area contributed by atoms with Crippen molar-refractivity contribution in [2.45, 2.75) is 25.8 Å². The number of carbonyl (C=O) groups excluding carboxylic acids is 3. The topological polar surface area (TPSA) is 101 Å². The van der Waals surface area contributed by atoms with Gasteiger partial charge in [0.2, 0.25) is 11.8 Å². The maximum atomic E-state index is 12.3. The summed E-state index contributed by atoms with van der Waals surface area (Å²) in [6, 6.07) is 4.31. The Bertz CT molecular complexity index is 750. The Labute approximate surface area is 119 Å². The maximum absolute atomic E-state index is 12.3. The van der Waals surface area contributed by atoms with Crippen LogP contribution < -0.4 is 10.6 Å². The molecular formula is C14H13N3O4. The Morgan fingerprint density at radius 2 is 2.24 bits per heavy atom. The molecule has 0 radical (unpaired) electrons. The Morgan fingerprint density at radius 3 is 3.00 bits per heavy atom. The molecule has 2 aromatic rings. The van der Waals surface area contributed by atoms with Crippen molar-refractivity contribution in [3.63, 3.8) is 0 Å². The van der Waals surface area contributed by atoms with E-state index in [1.807, 2.05) is 0 Å². The molecule has 2 heterocycles. The second kappa shape index (κ2) is 5.01. The van der Waals surface area contributed by atoms with E-state index in [1.54, 1.807) is 25.1 Å². The van der Waals surface area contributed by atoms with E-state index in [2.05, 4.69) is 15.6 Å². The number of benzene rings is 1. The lowest BCUT2D eigenvalue weighted by molar-refractivity contribution is -0.134. The molecule has 1 aliphatic rings. The number of rotatable bonds is 2. The summed E-state index contributed by atoms with van der Waals surface area (Å²) in [4.78, 5) is 39.2. The fourth-order valence-electron chi connectivity index (χ4n) is 2.31. The number of piperidine rings is 1. The van der Waals surface area contributed by atoms with Gasteiger partial charge in [0.1, 0.15) is 11.6 Å². The van der Waals surface area contributed by atoms with E-state index in [-0.39, 0.29) is 12.3 Å². The summed E-state index contributed by atoms with van der Waals surface area (Å²) < 4.78 is 5.37. The minimum atomic E-state index is -0.710. The molecule has 1 aliphatic heterocycles. The molecular weight excluding hydrogens is 274 g/mol. The van der Waals surface area contributed by atoms with E-state index < -0.39 is 17.9 Å². The zero-order valence-electron chi connectivity index (χ0n) is 11.3. The summed E-state index contributed by atoms with van der Waals surface area (Å²) in [5, 5.41) is 4.82. The molecule has 7 nitrogen and oxygen atoms in total. The van der Waals surface area contributed by atoms with Crippen LogP contribution in [0.4, 0.5) is 0 Å². The third-order valence-corrected chi connectivity index (χ3v) is 3.32. The lowest BCUT2D eigenvalue weighted by Gasteiger charge is -2.21. The van der Waals surface area contributed by atoms with Gasteiger partial charge in [-0.05, 0) is 18.6 Å². The first kappa shape index (κ1) is 13.3. The van der Waals surface area contributed by atoms with Crippen molar-refractivity contribution in [2.24, 2.45) is 0 Å². The molecule has 1 unspecified atom stereocenters. The predicted molar refractivity (Wildman–Crippen MR) is 72.4 cm³/mol. The Hall–Kier alpha value is -2.70. The van der Waals surface area contributed by atoms with Crippen molar-refractivity contribution in [1.82, 2.24) is 15.6 Å². The first-order chi connectivity index (χ1) is 10.0. The van der Waals surface area contributed by atoms with E-state index in [4.69, 9.17) is 4.42 Å². The zero-order chi connectivity index (χ0) is 15.0. The van der Waals surface area contributed by atoms with Gasteiger partial charge in [0, 0.05) is 13.3 Å². The summed E-state index contributed by atoms with van der Waals surface area (Å²) >= 11 is 0. The third-order valence-electron chi connectivity index (χ3n) is 3.32. The monoisotopic (exact) mass is 287 g/mol. The van der Waals surface area contributed by atoms with E-state index in [0.717, 1.165) is 0 Å². The average molecular weight is 287 g/mol. The summed E-state index contributed by atoms with van der Waals surface area (Å²) in [6.45, 7) is 1.70. The second-order valence-corrected chi connectivity index (χ2v) is 4.86. The molecule has 1 aromatic carbocycles. The Morgan fingerprint density at radius 1 is 1.43 bits per heavy atom. The number of para-hydroxylation sites is 1. The van der Waals surface area contributed by atoms with Gasteiger partial charge in [-0.2, -0.15) is 0 Å². The normalized spacial score (nSPS) is 18.6. The van der Waals surface area contributed by atoms with Gasteiger partial charge >= 0.3 is 0 Å². The zero-order valence-corrected chi connectivity index (χ0v) is 11.3. The molecule has 1 aromatic heterocycles. The number of hydrogen-bond donors (Lipinski definition) is 2. The summed E-state index contributed by atoms with van der Waals surface area (Å²) in [7, 11) is 0. The summed E-state index contributed by atoms with van der Waals surface area (Å²) in [5.41, 5.74) is 1.32. The number of hydrogen-bond acceptors (Lipinski definition) is 5. The fourth-order valence-corrected chi connectivity index (χ4v) is 2.31. The van der Waals surface area contributed by atoms with Gasteiger partial charge in [-0.25, -0.2) is 4.98 Å². The highest BCUT2D eigenvalue weighted by molar-refractivity contribution is 6.07. The molecule has 0 saturated carbocycles. The van der Waals surface area contributed by atoms with Gasteiger partial charge in [0.15, 0.2) is 11.5 Å². The first-order valence-corrected chi connectivity index (χ1v) is 6.55. The molecule has 3 amide bonds. The molecule has 21 heavy (non-hydrogen) atoms. The summed E-state index contributed by atoms with van der Waals surface area (Å²) in [5.74, 6) is -0.752. The predicted octanol–water partition coefficient (Wildman–Crippen LogP) is 0.671. The smallest absolute Gasteiger partial charge is 0.254 e. The van der Waals surface area contributed by atoms with Crippen molar-refractivity contribution < 1.29 is 18.8 Å². The molecule has 108 valence electrons. The van der Waals surface area contributed by atoms with Crippen LogP contribution in [0.5, 0.6) is 0 Å². The van der Waals surface area contributed by atoms with Crippen LogP contribution in [-0.4, -0.2) is 28.7 Å². The first-order valence-electron chi connectivity index (χ1n) is 6.55. The van der Waals surface area contributed by atoms with Gasteiger partial charge in [0.05, 0.1) is 5.56 Å². The molecule has 0 bridgehead atoms. The summed E-state index contributed by atoms with van der Waals surface area (Å²) in [6.07, 6.45) is 0.508. The quantitative estimate of drug-likeness (QED) is 0.791. The number of fused-ring (bicyclic) bond motifs is 1. The molecule has 1 fully saturated rings. The number of nitrogens with zero attached hydrogens (tertiary/aromatic N) is 1. The average Bonchev–Trinajstić information content (AvgIpc) is 2.81. The van der Waals surface area contributed by atoms with E-state index >= 15 is 0 Å². The standard InChI is InChI=1S/C14H13N3O4/c1-7-15-12-8(3-2-4-10(12)21-7)13(19)16-9-5-6-11(18)17-14(9)20/h2-4,9H,5-6H2,1H3,(H,16,19)(H,17,18,20). The van der Waals surface area contributed by atoms with Crippen LogP contribution in [0.15, 0.2) is 22.6 Å². The Balaban J connectivity index is 1.84. The molecule has 2 N–H and O–H groups in total. The van der Waals surface area contributed by atoms with Crippen molar-refractivity contribution in [2.75, 3.05) is 0 Å². The van der Waals surface area contributed by atoms with Crippen molar-refractivity contribution in [1.29, 1.82) is 0 Å². The van der Waals surface area contributed by atoms with Gasteiger partial charge in [0.25, 0.3) is 5.91 Å². The highest BCUT2D eigenvalue weighted by atomic mass is 16.3. The van der Waals surface area contributed by atoms with Crippen LogP contribution in [0, 0.1) is 6.92 Å². The highest BCUT2D eigenvalue weighted by Crippen LogP contribution is 2.19.